The lowest BCUT2D eigenvalue weighted by atomic mass is 9.88. The highest BCUT2D eigenvalue weighted by Gasteiger charge is 2.34. The number of halogens is 1. The number of hydrogen-bond donors (Lipinski definition) is 2. The van der Waals surface area contributed by atoms with Crippen molar-refractivity contribution in [3.05, 3.63) is 35.6 Å². The molecule has 0 saturated heterocycles. The van der Waals surface area contributed by atoms with Gasteiger partial charge in [-0.05, 0) is 30.5 Å². The maximum atomic E-state index is 13.0. The van der Waals surface area contributed by atoms with E-state index in [9.17, 15) is 4.39 Å². The Morgan fingerprint density at radius 1 is 1.16 bits per heavy atom. The zero-order valence-corrected chi connectivity index (χ0v) is 11.2. The summed E-state index contributed by atoms with van der Waals surface area (Å²) >= 11 is 0. The molecule has 1 aromatic carbocycles. The van der Waals surface area contributed by atoms with Crippen LogP contribution in [0.1, 0.15) is 31.2 Å². The molecular weight excluding hydrogens is 245 g/mol. The molecule has 106 valence electrons. The third-order valence-corrected chi connectivity index (χ3v) is 3.80. The molecule has 0 aromatic heterocycles. The molecule has 0 bridgehead atoms. The van der Waals surface area contributed by atoms with Crippen LogP contribution in [-0.4, -0.2) is 31.5 Å². The van der Waals surface area contributed by atoms with Crippen LogP contribution in [0.15, 0.2) is 24.3 Å². The highest BCUT2D eigenvalue weighted by atomic mass is 19.1. The summed E-state index contributed by atoms with van der Waals surface area (Å²) in [6.07, 6.45) is 4.56. The highest BCUT2D eigenvalue weighted by Crippen LogP contribution is 2.38. The van der Waals surface area contributed by atoms with Crippen LogP contribution in [0.2, 0.25) is 0 Å². The van der Waals surface area contributed by atoms with Crippen molar-refractivity contribution in [2.45, 2.75) is 31.2 Å². The van der Waals surface area contributed by atoms with Crippen LogP contribution in [0.3, 0.4) is 0 Å². The second kappa shape index (κ2) is 6.98. The van der Waals surface area contributed by atoms with Crippen LogP contribution in [0.25, 0.3) is 0 Å². The number of nitrogens with one attached hydrogen (secondary N) is 1. The van der Waals surface area contributed by atoms with E-state index in [2.05, 4.69) is 5.32 Å². The van der Waals surface area contributed by atoms with Gasteiger partial charge in [0.2, 0.25) is 0 Å². The van der Waals surface area contributed by atoms with Crippen molar-refractivity contribution in [1.29, 1.82) is 0 Å². The summed E-state index contributed by atoms with van der Waals surface area (Å²) in [5, 5.41) is 12.2. The maximum absolute atomic E-state index is 13.0. The minimum absolute atomic E-state index is 0.0315. The highest BCUT2D eigenvalue weighted by molar-refractivity contribution is 5.26. The minimum Gasteiger partial charge on any atom is -0.394 e. The van der Waals surface area contributed by atoms with Gasteiger partial charge in [-0.1, -0.05) is 25.0 Å². The molecule has 0 unspecified atom stereocenters. The smallest absolute Gasteiger partial charge is 0.123 e. The molecule has 1 aliphatic carbocycles. The molecule has 0 radical (unpaired) electrons. The first-order valence-corrected chi connectivity index (χ1v) is 6.96. The van der Waals surface area contributed by atoms with Gasteiger partial charge in [0.15, 0.2) is 0 Å². The molecule has 1 saturated carbocycles. The molecule has 1 fully saturated rings. The van der Waals surface area contributed by atoms with Gasteiger partial charge in [-0.3, -0.25) is 0 Å². The van der Waals surface area contributed by atoms with Gasteiger partial charge in [-0.15, -0.1) is 0 Å². The normalized spacial score (nSPS) is 17.8. The molecule has 19 heavy (non-hydrogen) atoms. The van der Waals surface area contributed by atoms with Crippen molar-refractivity contribution in [2.75, 3.05) is 26.4 Å². The number of hydrogen-bond acceptors (Lipinski definition) is 3. The number of benzene rings is 1. The largest absolute Gasteiger partial charge is 0.394 e. The van der Waals surface area contributed by atoms with E-state index in [0.717, 1.165) is 24.9 Å². The molecule has 2 rings (SSSR count). The summed E-state index contributed by atoms with van der Waals surface area (Å²) in [5.41, 5.74) is 1.13. The van der Waals surface area contributed by atoms with Crippen LogP contribution in [-0.2, 0) is 10.3 Å². The molecule has 0 aliphatic heterocycles. The number of aliphatic hydroxyl groups is 1. The van der Waals surface area contributed by atoms with Gasteiger partial charge in [-0.25, -0.2) is 4.39 Å². The second-order valence-corrected chi connectivity index (χ2v) is 5.06. The van der Waals surface area contributed by atoms with Gasteiger partial charge >= 0.3 is 0 Å². The van der Waals surface area contributed by atoms with Crippen molar-refractivity contribution < 1.29 is 14.2 Å². The average molecular weight is 267 g/mol. The van der Waals surface area contributed by atoms with Crippen molar-refractivity contribution in [1.82, 2.24) is 5.32 Å². The van der Waals surface area contributed by atoms with Gasteiger partial charge in [0.25, 0.3) is 0 Å². The van der Waals surface area contributed by atoms with Crippen molar-refractivity contribution >= 4 is 0 Å². The summed E-state index contributed by atoms with van der Waals surface area (Å²) in [6.45, 7) is 1.77. The molecule has 0 spiro atoms. The molecule has 0 heterocycles. The second-order valence-electron chi connectivity index (χ2n) is 5.06. The van der Waals surface area contributed by atoms with Crippen LogP contribution in [0.5, 0.6) is 0 Å². The quantitative estimate of drug-likeness (QED) is 0.744. The fourth-order valence-corrected chi connectivity index (χ4v) is 2.84. The SMILES string of the molecule is OCCOCCNC1(c2ccc(F)cc2)CCCC1. The van der Waals surface area contributed by atoms with E-state index in [0.29, 0.717) is 13.2 Å². The molecule has 3 nitrogen and oxygen atoms in total. The van der Waals surface area contributed by atoms with Gasteiger partial charge in [0, 0.05) is 12.1 Å². The molecule has 1 aliphatic rings. The average Bonchev–Trinajstić information content (AvgIpc) is 2.89. The Kier molecular flexibility index (Phi) is 5.31. The lowest BCUT2D eigenvalue weighted by Crippen LogP contribution is -2.41. The number of rotatable bonds is 7. The van der Waals surface area contributed by atoms with E-state index in [1.54, 1.807) is 0 Å². The molecule has 2 N–H and O–H groups in total. The standard InChI is InChI=1S/C15H22FNO2/c16-14-5-3-13(4-6-14)15(7-1-2-8-15)17-9-11-19-12-10-18/h3-6,17-18H,1-2,7-12H2. The van der Waals surface area contributed by atoms with E-state index in [-0.39, 0.29) is 18.0 Å². The third-order valence-electron chi connectivity index (χ3n) is 3.80. The van der Waals surface area contributed by atoms with Crippen molar-refractivity contribution in [3.8, 4) is 0 Å². The molecule has 0 atom stereocenters. The zero-order chi connectivity index (χ0) is 13.6. The zero-order valence-electron chi connectivity index (χ0n) is 11.2. The topological polar surface area (TPSA) is 41.5 Å². The summed E-state index contributed by atoms with van der Waals surface area (Å²) in [5.74, 6) is -0.192. The van der Waals surface area contributed by atoms with E-state index < -0.39 is 0 Å². The predicted octanol–water partition coefficient (Wildman–Crippen LogP) is 2.19. The Balaban J connectivity index is 1.95. The lowest BCUT2D eigenvalue weighted by molar-refractivity contribution is 0.0891. The summed E-state index contributed by atoms with van der Waals surface area (Å²) in [4.78, 5) is 0. The Labute approximate surface area is 113 Å². The summed E-state index contributed by atoms with van der Waals surface area (Å²) < 4.78 is 18.3. The van der Waals surface area contributed by atoms with Crippen LogP contribution >= 0.6 is 0 Å². The van der Waals surface area contributed by atoms with Gasteiger partial charge in [0.05, 0.1) is 19.8 Å². The summed E-state index contributed by atoms with van der Waals surface area (Å²) in [6, 6.07) is 6.81. The van der Waals surface area contributed by atoms with Crippen LogP contribution in [0.4, 0.5) is 4.39 Å². The Hall–Kier alpha value is -0.970. The van der Waals surface area contributed by atoms with Crippen LogP contribution in [0, 0.1) is 5.82 Å². The molecular formula is C15H22FNO2. The Bertz CT molecular complexity index is 374. The van der Waals surface area contributed by atoms with Crippen molar-refractivity contribution in [3.63, 3.8) is 0 Å². The third kappa shape index (κ3) is 3.75. The Morgan fingerprint density at radius 3 is 2.47 bits per heavy atom. The first kappa shape index (κ1) is 14.4. The van der Waals surface area contributed by atoms with Gasteiger partial charge in [-0.2, -0.15) is 0 Å². The number of aliphatic hydroxyl groups excluding tert-OH is 1. The van der Waals surface area contributed by atoms with E-state index in [1.807, 2.05) is 12.1 Å². The van der Waals surface area contributed by atoms with Gasteiger partial charge in [0.1, 0.15) is 5.82 Å². The van der Waals surface area contributed by atoms with E-state index >= 15 is 0 Å². The minimum atomic E-state index is -0.192. The van der Waals surface area contributed by atoms with E-state index in [1.165, 1.54) is 25.0 Å². The predicted molar refractivity (Wildman–Crippen MR) is 72.5 cm³/mol. The first-order chi connectivity index (χ1) is 9.27. The first-order valence-electron chi connectivity index (χ1n) is 6.96. The van der Waals surface area contributed by atoms with Gasteiger partial charge < -0.3 is 15.2 Å². The molecule has 4 heteroatoms. The molecule has 0 amide bonds. The lowest BCUT2D eigenvalue weighted by Gasteiger charge is -2.31. The van der Waals surface area contributed by atoms with E-state index in [4.69, 9.17) is 9.84 Å². The van der Waals surface area contributed by atoms with Crippen LogP contribution < -0.4 is 5.32 Å². The molecule has 1 aromatic rings. The summed E-state index contributed by atoms with van der Waals surface area (Å²) in [7, 11) is 0. The monoisotopic (exact) mass is 267 g/mol. The fraction of sp³-hybridized carbons (Fsp3) is 0.600. The van der Waals surface area contributed by atoms with Crippen molar-refractivity contribution in [2.24, 2.45) is 0 Å². The maximum Gasteiger partial charge on any atom is 0.123 e. The Morgan fingerprint density at radius 2 is 1.84 bits per heavy atom. The fourth-order valence-electron chi connectivity index (χ4n) is 2.84. The number of ether oxygens (including phenoxy) is 1.